The number of nitrogens with zero attached hydrogens (tertiary/aromatic N) is 2. The normalized spacial score (nSPS) is 13.3. The van der Waals surface area contributed by atoms with Crippen molar-refractivity contribution in [1.29, 1.82) is 0 Å². The minimum atomic E-state index is -0.431. The number of aliphatic hydroxyl groups is 1. The molecular weight excluding hydrogens is 308 g/mol. The number of anilines is 1. The molecule has 2 aromatic rings. The third kappa shape index (κ3) is 4.55. The van der Waals surface area contributed by atoms with Crippen LogP contribution in [-0.2, 0) is 6.42 Å². The summed E-state index contributed by atoms with van der Waals surface area (Å²) >= 11 is 0. The molecule has 2 amide bonds. The lowest BCUT2D eigenvalue weighted by Gasteiger charge is -2.29. The van der Waals surface area contributed by atoms with E-state index in [0.717, 1.165) is 12.0 Å². The van der Waals surface area contributed by atoms with Crippen molar-refractivity contribution in [2.45, 2.75) is 45.6 Å². The molecule has 3 N–H and O–H groups in total. The lowest BCUT2D eigenvalue weighted by molar-refractivity contribution is 0.208. The first-order chi connectivity index (χ1) is 11.5. The fourth-order valence-corrected chi connectivity index (χ4v) is 2.22. The number of aromatic nitrogens is 2. The summed E-state index contributed by atoms with van der Waals surface area (Å²) in [6, 6.07) is 6.89. The van der Waals surface area contributed by atoms with E-state index in [1.807, 2.05) is 32.9 Å². The van der Waals surface area contributed by atoms with Gasteiger partial charge >= 0.3 is 6.03 Å². The Morgan fingerprint density at radius 2 is 1.96 bits per heavy atom. The zero-order valence-electron chi connectivity index (χ0n) is 14.3. The molecule has 1 aromatic carbocycles. The second-order valence-corrected chi connectivity index (χ2v) is 5.90. The van der Waals surface area contributed by atoms with Gasteiger partial charge in [-0.2, -0.15) is 0 Å². The van der Waals surface area contributed by atoms with Gasteiger partial charge in [0.1, 0.15) is 0 Å². The topological polar surface area (TPSA) is 100 Å². The summed E-state index contributed by atoms with van der Waals surface area (Å²) in [6.45, 7) is 5.86. The number of hydrogen-bond donors (Lipinski definition) is 3. The van der Waals surface area contributed by atoms with Gasteiger partial charge in [-0.1, -0.05) is 13.8 Å². The number of urea groups is 1. The molecule has 0 saturated carbocycles. The van der Waals surface area contributed by atoms with Gasteiger partial charge in [0.2, 0.25) is 11.8 Å². The van der Waals surface area contributed by atoms with Gasteiger partial charge in [0.25, 0.3) is 0 Å². The SMILES string of the molecule is CCc1nnc(-c2ccc(NC(=O)NC(C)(CC)CCO)cc2)o1. The van der Waals surface area contributed by atoms with Crippen molar-refractivity contribution in [3.8, 4) is 11.5 Å². The number of rotatable bonds is 7. The summed E-state index contributed by atoms with van der Waals surface area (Å²) < 4.78 is 5.50. The van der Waals surface area contributed by atoms with E-state index in [9.17, 15) is 4.79 Å². The summed E-state index contributed by atoms with van der Waals surface area (Å²) in [5.41, 5.74) is 1.03. The standard InChI is InChI=1S/C17H24N4O3/c1-4-14-20-21-15(24-14)12-6-8-13(9-7-12)18-16(23)19-17(3,5-2)10-11-22/h6-9,22H,4-5,10-11H2,1-3H3,(H2,18,19,23). The molecule has 0 bridgehead atoms. The van der Waals surface area contributed by atoms with Gasteiger partial charge < -0.3 is 20.2 Å². The smallest absolute Gasteiger partial charge is 0.319 e. The van der Waals surface area contributed by atoms with Crippen LogP contribution in [0.1, 0.15) is 39.5 Å². The molecular formula is C17H24N4O3. The summed E-state index contributed by atoms with van der Waals surface area (Å²) in [5, 5.41) is 22.7. The van der Waals surface area contributed by atoms with Crippen LogP contribution >= 0.6 is 0 Å². The molecule has 0 aliphatic rings. The molecule has 2 rings (SSSR count). The van der Waals surface area contributed by atoms with Crippen molar-refractivity contribution in [3.05, 3.63) is 30.2 Å². The van der Waals surface area contributed by atoms with E-state index in [0.29, 0.717) is 30.3 Å². The number of aryl methyl sites for hydroxylation is 1. The Morgan fingerprint density at radius 3 is 2.50 bits per heavy atom. The Balaban J connectivity index is 1.99. The number of benzene rings is 1. The highest BCUT2D eigenvalue weighted by atomic mass is 16.4. The van der Waals surface area contributed by atoms with E-state index in [-0.39, 0.29) is 12.6 Å². The molecule has 1 unspecified atom stereocenters. The van der Waals surface area contributed by atoms with Crippen molar-refractivity contribution < 1.29 is 14.3 Å². The van der Waals surface area contributed by atoms with Gasteiger partial charge in [-0.05, 0) is 44.0 Å². The second-order valence-electron chi connectivity index (χ2n) is 5.90. The number of carbonyl (C=O) groups is 1. The van der Waals surface area contributed by atoms with Crippen LogP contribution in [0.15, 0.2) is 28.7 Å². The van der Waals surface area contributed by atoms with Crippen molar-refractivity contribution in [2.75, 3.05) is 11.9 Å². The third-order valence-electron chi connectivity index (χ3n) is 4.02. The predicted molar refractivity (Wildman–Crippen MR) is 91.7 cm³/mol. The van der Waals surface area contributed by atoms with Crippen molar-refractivity contribution in [1.82, 2.24) is 15.5 Å². The highest BCUT2D eigenvalue weighted by Gasteiger charge is 2.23. The van der Waals surface area contributed by atoms with Crippen LogP contribution in [0, 0.1) is 0 Å². The van der Waals surface area contributed by atoms with E-state index >= 15 is 0 Å². The number of carbonyl (C=O) groups excluding carboxylic acids is 1. The Kier molecular flexibility index (Phi) is 5.92. The van der Waals surface area contributed by atoms with Crippen LogP contribution in [0.4, 0.5) is 10.5 Å². The van der Waals surface area contributed by atoms with E-state index < -0.39 is 5.54 Å². The van der Waals surface area contributed by atoms with E-state index in [2.05, 4.69) is 20.8 Å². The molecule has 1 atom stereocenters. The van der Waals surface area contributed by atoms with Crippen LogP contribution in [-0.4, -0.2) is 33.5 Å². The summed E-state index contributed by atoms with van der Waals surface area (Å²) in [5.74, 6) is 1.05. The molecule has 0 aliphatic carbocycles. The number of nitrogens with one attached hydrogen (secondary N) is 2. The molecule has 130 valence electrons. The first-order valence-electron chi connectivity index (χ1n) is 8.12. The molecule has 7 nitrogen and oxygen atoms in total. The predicted octanol–water partition coefficient (Wildman–Crippen LogP) is 2.97. The minimum absolute atomic E-state index is 0.0310. The number of aliphatic hydroxyl groups excluding tert-OH is 1. The van der Waals surface area contributed by atoms with Gasteiger partial charge in [-0.15, -0.1) is 10.2 Å². The Bertz CT molecular complexity index is 669. The van der Waals surface area contributed by atoms with E-state index in [1.165, 1.54) is 0 Å². The average molecular weight is 332 g/mol. The maximum absolute atomic E-state index is 12.1. The summed E-state index contributed by atoms with van der Waals surface area (Å²) in [6.07, 6.45) is 1.93. The van der Waals surface area contributed by atoms with Gasteiger partial charge in [0.05, 0.1) is 0 Å². The zero-order chi connectivity index (χ0) is 17.6. The third-order valence-corrected chi connectivity index (χ3v) is 4.02. The first-order valence-corrected chi connectivity index (χ1v) is 8.12. The van der Waals surface area contributed by atoms with Crippen LogP contribution in [0.2, 0.25) is 0 Å². The van der Waals surface area contributed by atoms with Crippen molar-refractivity contribution in [3.63, 3.8) is 0 Å². The first kappa shape index (κ1) is 17.9. The Labute approximate surface area is 141 Å². The van der Waals surface area contributed by atoms with Gasteiger partial charge in [0.15, 0.2) is 0 Å². The van der Waals surface area contributed by atoms with E-state index in [1.54, 1.807) is 12.1 Å². The fraction of sp³-hybridized carbons (Fsp3) is 0.471. The van der Waals surface area contributed by atoms with Crippen LogP contribution < -0.4 is 10.6 Å². The number of amides is 2. The van der Waals surface area contributed by atoms with Gasteiger partial charge in [-0.25, -0.2) is 4.79 Å². The van der Waals surface area contributed by atoms with Crippen LogP contribution in [0.3, 0.4) is 0 Å². The van der Waals surface area contributed by atoms with E-state index in [4.69, 9.17) is 9.52 Å². The lowest BCUT2D eigenvalue weighted by Crippen LogP contribution is -2.48. The summed E-state index contributed by atoms with van der Waals surface area (Å²) in [4.78, 5) is 12.1. The fourth-order valence-electron chi connectivity index (χ4n) is 2.22. The molecule has 1 aromatic heterocycles. The quantitative estimate of drug-likeness (QED) is 0.724. The van der Waals surface area contributed by atoms with Gasteiger partial charge in [0, 0.05) is 29.8 Å². The number of hydrogen-bond acceptors (Lipinski definition) is 5. The monoisotopic (exact) mass is 332 g/mol. The molecule has 24 heavy (non-hydrogen) atoms. The van der Waals surface area contributed by atoms with Gasteiger partial charge in [-0.3, -0.25) is 0 Å². The highest BCUT2D eigenvalue weighted by Crippen LogP contribution is 2.21. The van der Waals surface area contributed by atoms with Crippen molar-refractivity contribution in [2.24, 2.45) is 0 Å². The molecule has 7 heteroatoms. The second kappa shape index (κ2) is 7.92. The maximum Gasteiger partial charge on any atom is 0.319 e. The maximum atomic E-state index is 12.1. The molecule has 0 aliphatic heterocycles. The van der Waals surface area contributed by atoms with Crippen LogP contribution in [0.25, 0.3) is 11.5 Å². The molecule has 1 heterocycles. The van der Waals surface area contributed by atoms with Crippen LogP contribution in [0.5, 0.6) is 0 Å². The minimum Gasteiger partial charge on any atom is -0.421 e. The Morgan fingerprint density at radius 1 is 1.25 bits per heavy atom. The Hall–Kier alpha value is -2.41. The molecule has 0 radical (unpaired) electrons. The molecule has 0 fully saturated rings. The molecule has 0 spiro atoms. The molecule has 0 saturated heterocycles. The largest absolute Gasteiger partial charge is 0.421 e. The summed E-state index contributed by atoms with van der Waals surface area (Å²) in [7, 11) is 0. The van der Waals surface area contributed by atoms with Crippen molar-refractivity contribution >= 4 is 11.7 Å². The zero-order valence-corrected chi connectivity index (χ0v) is 14.3. The lowest BCUT2D eigenvalue weighted by atomic mass is 9.95. The average Bonchev–Trinajstić information content (AvgIpc) is 3.04. The highest BCUT2D eigenvalue weighted by molar-refractivity contribution is 5.90.